The van der Waals surface area contributed by atoms with E-state index in [0.29, 0.717) is 11.5 Å². The minimum Gasteiger partial charge on any atom is -0.493 e. The van der Waals surface area contributed by atoms with E-state index in [1.807, 2.05) is 60.7 Å². The van der Waals surface area contributed by atoms with Crippen molar-refractivity contribution in [2.24, 2.45) is 11.8 Å². The lowest BCUT2D eigenvalue weighted by Crippen LogP contribution is -2.42. The van der Waals surface area contributed by atoms with Gasteiger partial charge in [0.15, 0.2) is 34.6 Å². The Balaban J connectivity index is 1.67. The van der Waals surface area contributed by atoms with Crippen molar-refractivity contribution in [3.8, 4) is 23.0 Å². The van der Waals surface area contributed by atoms with Crippen molar-refractivity contribution in [1.29, 1.82) is 0 Å². The standard InChI is InChI=1S/C38H38O10/c1-5-45-37(41)33(35(39)27-17-19-29(31(21-27)43-3)47-23-25-13-9-7-10-14-25)34(38(42)46-6-2)36(40)28-18-20-30(32(22-28)44-4)48-24-26-15-11-8-12-16-26/h7-22,33-34H,5-6,23-24H2,1-4H3/t33-,34-/m1/s1. The Bertz CT molecular complexity index is 1570. The quantitative estimate of drug-likeness (QED) is 0.0729. The molecule has 4 rings (SSSR count). The maximum atomic E-state index is 14.1. The number of hydrogen-bond donors (Lipinski definition) is 0. The summed E-state index contributed by atoms with van der Waals surface area (Å²) >= 11 is 0. The van der Waals surface area contributed by atoms with E-state index in [1.165, 1.54) is 50.6 Å². The van der Waals surface area contributed by atoms with Crippen LogP contribution in [0.1, 0.15) is 45.7 Å². The Morgan fingerprint density at radius 2 is 0.896 bits per heavy atom. The molecular weight excluding hydrogens is 616 g/mol. The van der Waals surface area contributed by atoms with Crippen molar-refractivity contribution in [3.63, 3.8) is 0 Å². The van der Waals surface area contributed by atoms with Gasteiger partial charge < -0.3 is 28.4 Å². The molecule has 48 heavy (non-hydrogen) atoms. The fourth-order valence-electron chi connectivity index (χ4n) is 4.96. The average Bonchev–Trinajstić information content (AvgIpc) is 3.12. The van der Waals surface area contributed by atoms with Crippen molar-refractivity contribution in [2.75, 3.05) is 27.4 Å². The van der Waals surface area contributed by atoms with Crippen LogP contribution in [0, 0.1) is 11.8 Å². The number of carbonyl (C=O) groups is 4. The summed E-state index contributed by atoms with van der Waals surface area (Å²) in [5.74, 6) is -6.35. The van der Waals surface area contributed by atoms with Gasteiger partial charge in [-0.25, -0.2) is 0 Å². The van der Waals surface area contributed by atoms with Crippen LogP contribution in [0.4, 0.5) is 0 Å². The summed E-state index contributed by atoms with van der Waals surface area (Å²) in [6.45, 7) is 3.42. The first kappa shape index (κ1) is 35.2. The van der Waals surface area contributed by atoms with Crippen molar-refractivity contribution in [2.45, 2.75) is 27.1 Å². The highest BCUT2D eigenvalue weighted by Crippen LogP contribution is 2.34. The highest BCUT2D eigenvalue weighted by atomic mass is 16.5. The molecule has 0 aliphatic heterocycles. The molecule has 0 spiro atoms. The lowest BCUT2D eigenvalue weighted by Gasteiger charge is -2.23. The number of Topliss-reactive ketones (excluding diaryl/α,β-unsaturated/α-hetero) is 2. The van der Waals surface area contributed by atoms with Gasteiger partial charge >= 0.3 is 11.9 Å². The van der Waals surface area contributed by atoms with Crippen molar-refractivity contribution < 1.29 is 47.6 Å². The number of benzene rings is 4. The van der Waals surface area contributed by atoms with Gasteiger partial charge in [0.1, 0.15) is 25.0 Å². The van der Waals surface area contributed by atoms with Gasteiger partial charge in [-0.3, -0.25) is 19.2 Å². The first-order chi connectivity index (χ1) is 23.3. The lowest BCUT2D eigenvalue weighted by atomic mass is 9.80. The van der Waals surface area contributed by atoms with Gasteiger partial charge in [0.25, 0.3) is 0 Å². The molecule has 0 aliphatic rings. The van der Waals surface area contributed by atoms with Gasteiger partial charge in [-0.05, 0) is 61.4 Å². The molecule has 0 fully saturated rings. The molecule has 0 saturated carbocycles. The summed E-state index contributed by atoms with van der Waals surface area (Å²) in [5.41, 5.74) is 1.85. The monoisotopic (exact) mass is 654 g/mol. The highest BCUT2D eigenvalue weighted by Gasteiger charge is 2.46. The van der Waals surface area contributed by atoms with Crippen LogP contribution in [-0.4, -0.2) is 50.9 Å². The molecular formula is C38H38O10. The van der Waals surface area contributed by atoms with E-state index in [1.54, 1.807) is 13.8 Å². The molecule has 0 saturated heterocycles. The zero-order valence-electron chi connectivity index (χ0n) is 27.3. The van der Waals surface area contributed by atoms with E-state index in [-0.39, 0.29) is 49.1 Å². The van der Waals surface area contributed by atoms with Crippen LogP contribution in [0.3, 0.4) is 0 Å². The molecule has 10 heteroatoms. The van der Waals surface area contributed by atoms with Gasteiger partial charge in [-0.15, -0.1) is 0 Å². The van der Waals surface area contributed by atoms with Crippen molar-refractivity contribution in [3.05, 3.63) is 119 Å². The smallest absolute Gasteiger partial charge is 0.318 e. The summed E-state index contributed by atoms with van der Waals surface area (Å²) in [4.78, 5) is 55.0. The molecule has 0 aromatic heterocycles. The second kappa shape index (κ2) is 17.3. The molecule has 4 aromatic rings. The third-order valence-corrected chi connectivity index (χ3v) is 7.35. The summed E-state index contributed by atoms with van der Waals surface area (Å²) in [6.07, 6.45) is 0. The van der Waals surface area contributed by atoms with Crippen molar-refractivity contribution in [1.82, 2.24) is 0 Å². The van der Waals surface area contributed by atoms with Gasteiger partial charge in [0.05, 0.1) is 27.4 Å². The summed E-state index contributed by atoms with van der Waals surface area (Å²) in [7, 11) is 2.82. The molecule has 4 aromatic carbocycles. The summed E-state index contributed by atoms with van der Waals surface area (Å²) < 4.78 is 33.2. The van der Waals surface area contributed by atoms with Gasteiger partial charge in [-0.1, -0.05) is 60.7 Å². The highest BCUT2D eigenvalue weighted by molar-refractivity contribution is 6.19. The Morgan fingerprint density at radius 3 is 1.23 bits per heavy atom. The lowest BCUT2D eigenvalue weighted by molar-refractivity contribution is -0.156. The third kappa shape index (κ3) is 8.79. The van der Waals surface area contributed by atoms with E-state index in [4.69, 9.17) is 28.4 Å². The van der Waals surface area contributed by atoms with Crippen molar-refractivity contribution >= 4 is 23.5 Å². The second-order valence-corrected chi connectivity index (χ2v) is 10.5. The van der Waals surface area contributed by atoms with E-state index >= 15 is 0 Å². The SMILES string of the molecule is CCOC(=O)[C@@H](C(=O)c1ccc(OCc2ccccc2)c(OC)c1)[C@@H](C(=O)OCC)C(=O)c1ccc(OCc2ccccc2)c(OC)c1. The van der Waals surface area contributed by atoms with Crippen LogP contribution in [0.2, 0.25) is 0 Å². The van der Waals surface area contributed by atoms with E-state index in [2.05, 4.69) is 0 Å². The fraction of sp³-hybridized carbons (Fsp3) is 0.263. The predicted octanol–water partition coefficient (Wildman–Crippen LogP) is 6.29. The van der Waals surface area contributed by atoms with Gasteiger partial charge in [0.2, 0.25) is 0 Å². The van der Waals surface area contributed by atoms with E-state index < -0.39 is 35.3 Å². The van der Waals surface area contributed by atoms with Gasteiger partial charge in [0, 0.05) is 11.1 Å². The Hall–Kier alpha value is -5.64. The first-order valence-corrected chi connectivity index (χ1v) is 15.4. The fourth-order valence-corrected chi connectivity index (χ4v) is 4.96. The number of esters is 2. The number of methoxy groups -OCH3 is 2. The Labute approximate surface area is 279 Å². The van der Waals surface area contributed by atoms with Crippen LogP contribution in [0.25, 0.3) is 0 Å². The zero-order valence-corrected chi connectivity index (χ0v) is 27.3. The second-order valence-electron chi connectivity index (χ2n) is 10.5. The largest absolute Gasteiger partial charge is 0.493 e. The summed E-state index contributed by atoms with van der Waals surface area (Å²) in [5, 5.41) is 0. The number of ether oxygens (including phenoxy) is 6. The minimum atomic E-state index is -1.86. The first-order valence-electron chi connectivity index (χ1n) is 15.4. The predicted molar refractivity (Wildman–Crippen MR) is 176 cm³/mol. The number of carbonyl (C=O) groups excluding carboxylic acids is 4. The third-order valence-electron chi connectivity index (χ3n) is 7.35. The van der Waals surface area contributed by atoms with Crippen LogP contribution < -0.4 is 18.9 Å². The maximum absolute atomic E-state index is 14.1. The van der Waals surface area contributed by atoms with Crippen LogP contribution in [0.5, 0.6) is 23.0 Å². The Kier molecular flexibility index (Phi) is 12.7. The molecule has 0 heterocycles. The molecule has 10 nitrogen and oxygen atoms in total. The molecule has 0 unspecified atom stereocenters. The summed E-state index contributed by atoms with van der Waals surface area (Å²) in [6, 6.07) is 27.7. The number of ketones is 2. The molecule has 0 amide bonds. The zero-order chi connectivity index (χ0) is 34.5. The maximum Gasteiger partial charge on any atom is 0.318 e. The topological polar surface area (TPSA) is 124 Å². The molecule has 2 atom stereocenters. The average molecular weight is 655 g/mol. The van der Waals surface area contributed by atoms with Gasteiger partial charge in [-0.2, -0.15) is 0 Å². The van der Waals surface area contributed by atoms with E-state index in [9.17, 15) is 19.2 Å². The molecule has 0 aliphatic carbocycles. The Morgan fingerprint density at radius 1 is 0.521 bits per heavy atom. The molecule has 0 radical (unpaired) electrons. The molecule has 0 bridgehead atoms. The van der Waals surface area contributed by atoms with Crippen LogP contribution in [0.15, 0.2) is 97.1 Å². The van der Waals surface area contributed by atoms with E-state index in [0.717, 1.165) is 11.1 Å². The van der Waals surface area contributed by atoms with Crippen LogP contribution in [-0.2, 0) is 32.3 Å². The van der Waals surface area contributed by atoms with Crippen LogP contribution >= 0.6 is 0 Å². The number of hydrogen-bond acceptors (Lipinski definition) is 10. The molecule has 250 valence electrons. The molecule has 0 N–H and O–H groups in total. The normalized spacial score (nSPS) is 11.8. The minimum absolute atomic E-state index is 0.00121. The number of rotatable bonds is 17.